The lowest BCUT2D eigenvalue weighted by Crippen LogP contribution is -2.09. The Morgan fingerprint density at radius 2 is 1.62 bits per heavy atom. The van der Waals surface area contributed by atoms with Crippen molar-refractivity contribution in [1.82, 2.24) is 0 Å². The van der Waals surface area contributed by atoms with Crippen LogP contribution in [0.2, 0.25) is 10.0 Å². The van der Waals surface area contributed by atoms with Gasteiger partial charge in [0.1, 0.15) is 5.75 Å². The number of esters is 1. The number of ether oxygens (including phenoxy) is 1. The van der Waals surface area contributed by atoms with E-state index in [9.17, 15) is 4.79 Å². The number of hydrogen-bond donors (Lipinski definition) is 0. The summed E-state index contributed by atoms with van der Waals surface area (Å²) in [4.78, 5) is 12.2. The number of rotatable bonds is 3. The van der Waals surface area contributed by atoms with Crippen LogP contribution >= 0.6 is 23.2 Å². The normalized spacial score (nSPS) is 10.8. The maximum Gasteiger partial charge on any atom is 0.343 e. The molecule has 0 aromatic heterocycles. The summed E-state index contributed by atoms with van der Waals surface area (Å²) in [6.45, 7) is 6.16. The monoisotopic (exact) mass is 322 g/mol. The summed E-state index contributed by atoms with van der Waals surface area (Å²) in [5.74, 6) is 0.419. The minimum absolute atomic E-state index is 0.333. The predicted octanol–water partition coefficient (Wildman–Crippen LogP) is 5.64. The van der Waals surface area contributed by atoms with Crippen LogP contribution in [0.4, 0.5) is 0 Å². The van der Waals surface area contributed by atoms with E-state index in [1.807, 2.05) is 19.1 Å². The second-order valence-corrected chi connectivity index (χ2v) is 6.15. The highest BCUT2D eigenvalue weighted by atomic mass is 35.5. The van der Waals surface area contributed by atoms with Gasteiger partial charge >= 0.3 is 5.97 Å². The Bertz CT molecular complexity index is 658. The zero-order valence-corrected chi connectivity index (χ0v) is 13.6. The number of benzene rings is 2. The minimum Gasteiger partial charge on any atom is -0.423 e. The van der Waals surface area contributed by atoms with Gasteiger partial charge in [0.2, 0.25) is 0 Å². The molecule has 2 nitrogen and oxygen atoms in total. The third-order valence-corrected chi connectivity index (χ3v) is 3.49. The first kappa shape index (κ1) is 15.9. The van der Waals surface area contributed by atoms with Gasteiger partial charge in [0.05, 0.1) is 5.56 Å². The fourth-order valence-corrected chi connectivity index (χ4v) is 2.53. The van der Waals surface area contributed by atoms with Gasteiger partial charge in [-0.05, 0) is 54.3 Å². The van der Waals surface area contributed by atoms with E-state index in [2.05, 4.69) is 19.9 Å². The van der Waals surface area contributed by atoms with Gasteiger partial charge in [0.25, 0.3) is 0 Å². The largest absolute Gasteiger partial charge is 0.423 e. The van der Waals surface area contributed by atoms with Gasteiger partial charge in [0, 0.05) is 10.0 Å². The Morgan fingerprint density at radius 3 is 2.19 bits per heavy atom. The van der Waals surface area contributed by atoms with Crippen LogP contribution in [0.15, 0.2) is 36.4 Å². The highest BCUT2D eigenvalue weighted by Gasteiger charge is 2.12. The summed E-state index contributed by atoms with van der Waals surface area (Å²) in [7, 11) is 0. The topological polar surface area (TPSA) is 26.3 Å². The maximum atomic E-state index is 12.2. The zero-order chi connectivity index (χ0) is 15.6. The first-order valence-corrected chi connectivity index (χ1v) is 7.40. The molecule has 4 heteroatoms. The van der Waals surface area contributed by atoms with E-state index in [0.29, 0.717) is 27.3 Å². The van der Waals surface area contributed by atoms with Crippen LogP contribution in [-0.2, 0) is 0 Å². The molecule has 2 rings (SSSR count). The molecule has 0 radical (unpaired) electrons. The fraction of sp³-hybridized carbons (Fsp3) is 0.235. The van der Waals surface area contributed by atoms with E-state index in [1.54, 1.807) is 6.07 Å². The summed E-state index contributed by atoms with van der Waals surface area (Å²) >= 11 is 11.8. The quantitative estimate of drug-likeness (QED) is 0.539. The Kier molecular flexibility index (Phi) is 4.92. The number of aryl methyl sites for hydroxylation is 1. The average molecular weight is 323 g/mol. The van der Waals surface area contributed by atoms with Crippen molar-refractivity contribution in [3.05, 3.63) is 63.1 Å². The minimum atomic E-state index is -0.472. The molecule has 0 aliphatic heterocycles. The van der Waals surface area contributed by atoms with Gasteiger partial charge < -0.3 is 4.74 Å². The summed E-state index contributed by atoms with van der Waals surface area (Å²) < 4.78 is 5.43. The Morgan fingerprint density at radius 1 is 1.00 bits per heavy atom. The van der Waals surface area contributed by atoms with E-state index >= 15 is 0 Å². The summed E-state index contributed by atoms with van der Waals surface area (Å²) in [6, 6.07) is 10.4. The molecule has 0 heterocycles. The Balaban J connectivity index is 2.27. The molecule has 2 aromatic carbocycles. The van der Waals surface area contributed by atoms with Gasteiger partial charge in [-0.25, -0.2) is 4.79 Å². The lowest BCUT2D eigenvalue weighted by Gasteiger charge is -2.11. The van der Waals surface area contributed by atoms with Crippen molar-refractivity contribution in [3.63, 3.8) is 0 Å². The maximum absolute atomic E-state index is 12.2. The van der Waals surface area contributed by atoms with E-state index in [1.165, 1.54) is 12.1 Å². The molecule has 110 valence electrons. The average Bonchev–Trinajstić information content (AvgIpc) is 2.36. The second-order valence-electron chi connectivity index (χ2n) is 5.28. The second kappa shape index (κ2) is 6.50. The molecule has 0 spiro atoms. The zero-order valence-electron chi connectivity index (χ0n) is 12.1. The van der Waals surface area contributed by atoms with Crippen molar-refractivity contribution < 1.29 is 9.53 Å². The Labute approximate surface area is 134 Å². The van der Waals surface area contributed by atoms with Gasteiger partial charge in [-0.15, -0.1) is 0 Å². The van der Waals surface area contributed by atoms with Crippen LogP contribution in [-0.4, -0.2) is 5.97 Å². The van der Waals surface area contributed by atoms with Crippen molar-refractivity contribution >= 4 is 29.2 Å². The first-order chi connectivity index (χ1) is 9.85. The summed E-state index contributed by atoms with van der Waals surface area (Å²) in [5.41, 5.74) is 2.51. The molecule has 0 N–H and O–H groups in total. The number of carbonyl (C=O) groups is 1. The fourth-order valence-electron chi connectivity index (χ4n) is 2.01. The van der Waals surface area contributed by atoms with E-state index in [-0.39, 0.29) is 0 Å². The highest BCUT2D eigenvalue weighted by molar-refractivity contribution is 6.35. The standard InChI is InChI=1S/C17H16Cl2O2/c1-10(2)12-4-11(3)5-16(8-12)21-17(20)13-6-14(18)9-15(19)7-13/h4-10H,1-3H3. The Hall–Kier alpha value is -1.51. The molecule has 0 bridgehead atoms. The van der Waals surface area contributed by atoms with Crippen LogP contribution in [0, 0.1) is 6.92 Å². The predicted molar refractivity (Wildman–Crippen MR) is 86.7 cm³/mol. The molecule has 0 aliphatic carbocycles. The first-order valence-electron chi connectivity index (χ1n) is 6.65. The van der Waals surface area contributed by atoms with Crippen molar-refractivity contribution in [2.75, 3.05) is 0 Å². The van der Waals surface area contributed by atoms with Gasteiger partial charge in [0.15, 0.2) is 0 Å². The lowest BCUT2D eigenvalue weighted by molar-refractivity contribution is 0.0734. The molecule has 0 atom stereocenters. The molecular weight excluding hydrogens is 307 g/mol. The van der Waals surface area contributed by atoms with Gasteiger partial charge in [-0.1, -0.05) is 43.1 Å². The number of carbonyl (C=O) groups excluding carboxylic acids is 1. The van der Waals surface area contributed by atoms with Crippen molar-refractivity contribution in [3.8, 4) is 5.75 Å². The van der Waals surface area contributed by atoms with Crippen LogP contribution in [0.25, 0.3) is 0 Å². The van der Waals surface area contributed by atoms with Crippen molar-refractivity contribution in [2.24, 2.45) is 0 Å². The van der Waals surface area contributed by atoms with E-state index < -0.39 is 5.97 Å². The smallest absolute Gasteiger partial charge is 0.343 e. The van der Waals surface area contributed by atoms with E-state index in [4.69, 9.17) is 27.9 Å². The van der Waals surface area contributed by atoms with Crippen LogP contribution < -0.4 is 4.74 Å². The summed E-state index contributed by atoms with van der Waals surface area (Å²) in [6.07, 6.45) is 0. The molecule has 2 aromatic rings. The van der Waals surface area contributed by atoms with Crippen LogP contribution in [0.3, 0.4) is 0 Å². The molecule has 0 aliphatic rings. The molecular formula is C17H16Cl2O2. The molecule has 0 fully saturated rings. The summed E-state index contributed by atoms with van der Waals surface area (Å²) in [5, 5.41) is 0.808. The van der Waals surface area contributed by atoms with E-state index in [0.717, 1.165) is 11.1 Å². The van der Waals surface area contributed by atoms with Gasteiger partial charge in [-0.3, -0.25) is 0 Å². The third kappa shape index (κ3) is 4.23. The third-order valence-electron chi connectivity index (χ3n) is 3.05. The number of halogens is 2. The van der Waals surface area contributed by atoms with Crippen LogP contribution in [0.1, 0.15) is 41.3 Å². The van der Waals surface area contributed by atoms with Crippen molar-refractivity contribution in [2.45, 2.75) is 26.7 Å². The molecule has 21 heavy (non-hydrogen) atoms. The molecule has 0 saturated heterocycles. The van der Waals surface area contributed by atoms with Crippen LogP contribution in [0.5, 0.6) is 5.75 Å². The molecule has 0 saturated carbocycles. The highest BCUT2D eigenvalue weighted by Crippen LogP contribution is 2.25. The molecule has 0 amide bonds. The van der Waals surface area contributed by atoms with Gasteiger partial charge in [-0.2, -0.15) is 0 Å². The van der Waals surface area contributed by atoms with Crippen molar-refractivity contribution in [1.29, 1.82) is 0 Å². The SMILES string of the molecule is Cc1cc(OC(=O)c2cc(Cl)cc(Cl)c2)cc(C(C)C)c1. The lowest BCUT2D eigenvalue weighted by atomic mass is 10.0. The number of hydrogen-bond acceptors (Lipinski definition) is 2. The molecule has 0 unspecified atom stereocenters.